The number of hydrogen-bond acceptors (Lipinski definition) is 1. The predicted molar refractivity (Wildman–Crippen MR) is 49.3 cm³/mol. The van der Waals surface area contributed by atoms with Crippen LogP contribution in [0.4, 0.5) is 0 Å². The Kier molecular flexibility index (Phi) is 1.91. The molecule has 0 amide bonds. The van der Waals surface area contributed by atoms with Gasteiger partial charge in [-0.3, -0.25) is 0 Å². The SMILES string of the molecule is C=CC1OC1c1ccc(Cl)cc1. The summed E-state index contributed by atoms with van der Waals surface area (Å²) in [5, 5.41) is 0.759. The molecule has 0 aromatic heterocycles. The number of halogens is 1. The monoisotopic (exact) mass is 180 g/mol. The first-order chi connectivity index (χ1) is 5.81. The summed E-state index contributed by atoms with van der Waals surface area (Å²) in [6.07, 6.45) is 2.23. The molecule has 0 radical (unpaired) electrons. The normalized spacial score (nSPS) is 26.8. The van der Waals surface area contributed by atoms with E-state index in [4.69, 9.17) is 16.3 Å². The van der Waals surface area contributed by atoms with Crippen LogP contribution in [0.25, 0.3) is 0 Å². The first-order valence-electron chi connectivity index (χ1n) is 3.85. The zero-order valence-electron chi connectivity index (χ0n) is 6.53. The molecule has 12 heavy (non-hydrogen) atoms. The Hall–Kier alpha value is -0.790. The lowest BCUT2D eigenvalue weighted by molar-refractivity contribution is 0.394. The van der Waals surface area contributed by atoms with Gasteiger partial charge in [0.2, 0.25) is 0 Å². The Balaban J connectivity index is 2.15. The van der Waals surface area contributed by atoms with Gasteiger partial charge in [-0.2, -0.15) is 0 Å². The van der Waals surface area contributed by atoms with Crippen molar-refractivity contribution in [2.75, 3.05) is 0 Å². The standard InChI is InChI=1S/C10H9ClO/c1-2-9-10(12-9)7-3-5-8(11)6-4-7/h2-6,9-10H,1H2. The van der Waals surface area contributed by atoms with Crippen molar-refractivity contribution in [3.63, 3.8) is 0 Å². The lowest BCUT2D eigenvalue weighted by Crippen LogP contribution is -1.82. The van der Waals surface area contributed by atoms with Crippen LogP contribution in [0.2, 0.25) is 5.02 Å². The maximum Gasteiger partial charge on any atom is 0.113 e. The van der Waals surface area contributed by atoms with Crippen LogP contribution in [-0.2, 0) is 4.74 Å². The highest BCUT2D eigenvalue weighted by Gasteiger charge is 2.37. The van der Waals surface area contributed by atoms with Crippen molar-refractivity contribution in [3.8, 4) is 0 Å². The van der Waals surface area contributed by atoms with E-state index in [2.05, 4.69) is 6.58 Å². The van der Waals surface area contributed by atoms with Gasteiger partial charge in [0.05, 0.1) is 0 Å². The topological polar surface area (TPSA) is 12.5 Å². The van der Waals surface area contributed by atoms with Crippen LogP contribution in [0.5, 0.6) is 0 Å². The molecule has 0 bridgehead atoms. The molecule has 1 heterocycles. The summed E-state index contributed by atoms with van der Waals surface area (Å²) in [6, 6.07) is 7.71. The lowest BCUT2D eigenvalue weighted by atomic mass is 10.1. The number of benzene rings is 1. The minimum absolute atomic E-state index is 0.200. The second-order valence-electron chi connectivity index (χ2n) is 2.81. The smallest absolute Gasteiger partial charge is 0.113 e. The molecule has 1 saturated heterocycles. The van der Waals surface area contributed by atoms with Crippen LogP contribution >= 0.6 is 11.6 Å². The summed E-state index contributed by atoms with van der Waals surface area (Å²) in [5.74, 6) is 0. The van der Waals surface area contributed by atoms with Gasteiger partial charge in [-0.15, -0.1) is 6.58 Å². The summed E-state index contributed by atoms with van der Waals surface area (Å²) in [6.45, 7) is 3.66. The summed E-state index contributed by atoms with van der Waals surface area (Å²) < 4.78 is 5.33. The van der Waals surface area contributed by atoms with Crippen molar-refractivity contribution < 1.29 is 4.74 Å². The fourth-order valence-electron chi connectivity index (χ4n) is 1.22. The lowest BCUT2D eigenvalue weighted by Gasteiger charge is -1.94. The number of rotatable bonds is 2. The second kappa shape index (κ2) is 2.92. The van der Waals surface area contributed by atoms with Gasteiger partial charge in [0.25, 0.3) is 0 Å². The summed E-state index contributed by atoms with van der Waals surface area (Å²) in [5.41, 5.74) is 1.17. The molecule has 0 saturated carbocycles. The second-order valence-corrected chi connectivity index (χ2v) is 3.24. The molecule has 0 aliphatic carbocycles. The molecule has 1 aromatic carbocycles. The quantitative estimate of drug-likeness (QED) is 0.504. The van der Waals surface area contributed by atoms with E-state index in [-0.39, 0.29) is 12.2 Å². The Morgan fingerprint density at radius 1 is 1.33 bits per heavy atom. The molecule has 0 N–H and O–H groups in total. The average molecular weight is 181 g/mol. The highest BCUT2D eigenvalue weighted by molar-refractivity contribution is 6.30. The van der Waals surface area contributed by atoms with Crippen molar-refractivity contribution in [1.29, 1.82) is 0 Å². The van der Waals surface area contributed by atoms with Crippen LogP contribution < -0.4 is 0 Å². The molecule has 2 atom stereocenters. The van der Waals surface area contributed by atoms with Crippen LogP contribution in [0.3, 0.4) is 0 Å². The molecule has 1 fully saturated rings. The largest absolute Gasteiger partial charge is 0.360 e. The van der Waals surface area contributed by atoms with E-state index in [1.807, 2.05) is 30.3 Å². The summed E-state index contributed by atoms with van der Waals surface area (Å²) in [4.78, 5) is 0. The zero-order chi connectivity index (χ0) is 8.55. The molecule has 62 valence electrons. The minimum Gasteiger partial charge on any atom is -0.360 e. The highest BCUT2D eigenvalue weighted by Crippen LogP contribution is 2.39. The Morgan fingerprint density at radius 2 is 2.00 bits per heavy atom. The van der Waals surface area contributed by atoms with Gasteiger partial charge in [-0.25, -0.2) is 0 Å². The molecular formula is C10H9ClO. The molecule has 1 nitrogen and oxygen atoms in total. The van der Waals surface area contributed by atoms with E-state index in [1.165, 1.54) is 5.56 Å². The van der Waals surface area contributed by atoms with Crippen LogP contribution in [0.15, 0.2) is 36.9 Å². The van der Waals surface area contributed by atoms with Crippen LogP contribution in [0.1, 0.15) is 11.7 Å². The van der Waals surface area contributed by atoms with Gasteiger partial charge in [0, 0.05) is 5.02 Å². The zero-order valence-corrected chi connectivity index (χ0v) is 7.29. The minimum atomic E-state index is 0.200. The maximum atomic E-state index is 5.75. The molecule has 1 aliphatic heterocycles. The molecule has 2 unspecified atom stereocenters. The van der Waals surface area contributed by atoms with Crippen molar-refractivity contribution in [1.82, 2.24) is 0 Å². The van der Waals surface area contributed by atoms with Gasteiger partial charge >= 0.3 is 0 Å². The molecular weight excluding hydrogens is 172 g/mol. The van der Waals surface area contributed by atoms with E-state index in [9.17, 15) is 0 Å². The van der Waals surface area contributed by atoms with Crippen molar-refractivity contribution >= 4 is 11.6 Å². The van der Waals surface area contributed by atoms with Crippen molar-refractivity contribution in [2.45, 2.75) is 12.2 Å². The maximum absolute atomic E-state index is 5.75. The van der Waals surface area contributed by atoms with Gasteiger partial charge in [0.1, 0.15) is 12.2 Å². The van der Waals surface area contributed by atoms with E-state index in [0.717, 1.165) is 5.02 Å². The molecule has 0 spiro atoms. The number of epoxide rings is 1. The Morgan fingerprint density at radius 3 is 2.50 bits per heavy atom. The van der Waals surface area contributed by atoms with Gasteiger partial charge in [-0.05, 0) is 17.7 Å². The third-order valence-corrected chi connectivity index (χ3v) is 2.21. The number of hydrogen-bond donors (Lipinski definition) is 0. The first-order valence-corrected chi connectivity index (χ1v) is 4.22. The third-order valence-electron chi connectivity index (χ3n) is 1.96. The summed E-state index contributed by atoms with van der Waals surface area (Å²) in [7, 11) is 0. The van der Waals surface area contributed by atoms with E-state index < -0.39 is 0 Å². The number of ether oxygens (including phenoxy) is 1. The van der Waals surface area contributed by atoms with Crippen LogP contribution in [0, 0.1) is 0 Å². The average Bonchev–Trinajstić information content (AvgIpc) is 2.85. The van der Waals surface area contributed by atoms with Gasteiger partial charge in [0.15, 0.2) is 0 Å². The molecule has 2 rings (SSSR count). The van der Waals surface area contributed by atoms with E-state index >= 15 is 0 Å². The summed E-state index contributed by atoms with van der Waals surface area (Å²) >= 11 is 5.75. The predicted octanol–water partition coefficient (Wildman–Crippen LogP) is 2.97. The van der Waals surface area contributed by atoms with Crippen LogP contribution in [-0.4, -0.2) is 6.10 Å². The van der Waals surface area contributed by atoms with Gasteiger partial charge in [-0.1, -0.05) is 29.8 Å². The van der Waals surface area contributed by atoms with E-state index in [0.29, 0.717) is 0 Å². The highest BCUT2D eigenvalue weighted by atomic mass is 35.5. The Bertz CT molecular complexity index is 291. The fourth-order valence-corrected chi connectivity index (χ4v) is 1.35. The van der Waals surface area contributed by atoms with Crippen molar-refractivity contribution in [2.24, 2.45) is 0 Å². The molecule has 2 heteroatoms. The molecule has 1 aliphatic rings. The third kappa shape index (κ3) is 1.38. The Labute approximate surface area is 76.6 Å². The fraction of sp³-hybridized carbons (Fsp3) is 0.200. The molecule has 1 aromatic rings. The first kappa shape index (κ1) is 7.84. The van der Waals surface area contributed by atoms with Crippen molar-refractivity contribution in [3.05, 3.63) is 47.5 Å². The van der Waals surface area contributed by atoms with Gasteiger partial charge < -0.3 is 4.74 Å². The van der Waals surface area contributed by atoms with E-state index in [1.54, 1.807) is 0 Å².